The van der Waals surface area contributed by atoms with Gasteiger partial charge in [0.15, 0.2) is 5.17 Å². The topological polar surface area (TPSA) is 33.6 Å². The van der Waals surface area contributed by atoms with E-state index in [0.29, 0.717) is 16.8 Å². The van der Waals surface area contributed by atoms with Crippen molar-refractivity contribution in [1.29, 1.82) is 0 Å². The van der Waals surface area contributed by atoms with Crippen molar-refractivity contribution in [1.82, 2.24) is 5.32 Å². The molecule has 0 aromatic heterocycles. The van der Waals surface area contributed by atoms with Crippen LogP contribution in [-0.2, 0) is 4.74 Å². The van der Waals surface area contributed by atoms with Crippen LogP contribution in [0.15, 0.2) is 4.99 Å². The first-order chi connectivity index (χ1) is 9.53. The fourth-order valence-corrected chi connectivity index (χ4v) is 4.30. The van der Waals surface area contributed by atoms with E-state index in [2.05, 4.69) is 31.1 Å². The number of nitrogens with zero attached hydrogens (tertiary/aromatic N) is 1. The van der Waals surface area contributed by atoms with Gasteiger partial charge in [0.1, 0.15) is 0 Å². The van der Waals surface area contributed by atoms with Gasteiger partial charge >= 0.3 is 0 Å². The van der Waals surface area contributed by atoms with Crippen LogP contribution in [0.3, 0.4) is 0 Å². The Hall–Kier alpha value is -0.220. The second-order valence-electron chi connectivity index (χ2n) is 7.21. The number of hydrogen-bond donors (Lipinski definition) is 1. The van der Waals surface area contributed by atoms with Gasteiger partial charge in [-0.2, -0.15) is 0 Å². The minimum absolute atomic E-state index is 0.396. The zero-order valence-electron chi connectivity index (χ0n) is 13.3. The first-order valence-corrected chi connectivity index (χ1v) is 8.97. The molecule has 4 heteroatoms. The molecule has 20 heavy (non-hydrogen) atoms. The van der Waals surface area contributed by atoms with E-state index in [-0.39, 0.29) is 0 Å². The first-order valence-electron chi connectivity index (χ1n) is 8.09. The van der Waals surface area contributed by atoms with E-state index in [1.165, 1.54) is 38.5 Å². The van der Waals surface area contributed by atoms with Gasteiger partial charge in [-0.05, 0) is 24.7 Å². The van der Waals surface area contributed by atoms with Gasteiger partial charge in [-0.3, -0.25) is 4.99 Å². The molecule has 3 nitrogen and oxygen atoms in total. The molecule has 0 radical (unpaired) electrons. The molecule has 2 rings (SSSR count). The molecule has 2 aliphatic rings. The third kappa shape index (κ3) is 6.04. The summed E-state index contributed by atoms with van der Waals surface area (Å²) in [6.07, 6.45) is 8.32. The average molecular weight is 298 g/mol. The van der Waals surface area contributed by atoms with Crippen molar-refractivity contribution >= 4 is 16.9 Å². The van der Waals surface area contributed by atoms with Crippen molar-refractivity contribution in [3.8, 4) is 0 Å². The number of thioether (sulfide) groups is 1. The molecular weight excluding hydrogens is 268 g/mol. The Bertz CT molecular complexity index is 319. The van der Waals surface area contributed by atoms with Crippen LogP contribution in [0.1, 0.15) is 59.3 Å². The third-order valence-corrected chi connectivity index (χ3v) is 4.99. The number of aliphatic imine (C=N–C) groups is 1. The van der Waals surface area contributed by atoms with Crippen LogP contribution in [0, 0.1) is 5.41 Å². The van der Waals surface area contributed by atoms with Gasteiger partial charge in [0.05, 0.1) is 19.3 Å². The van der Waals surface area contributed by atoms with Crippen molar-refractivity contribution in [2.45, 2.75) is 70.7 Å². The summed E-state index contributed by atoms with van der Waals surface area (Å²) in [7, 11) is 0. The maximum atomic E-state index is 5.92. The molecule has 0 bridgehead atoms. The molecule has 0 aromatic rings. The van der Waals surface area contributed by atoms with E-state index in [9.17, 15) is 0 Å². The largest absolute Gasteiger partial charge is 0.376 e. The molecule has 0 amide bonds. The minimum Gasteiger partial charge on any atom is -0.376 e. The van der Waals surface area contributed by atoms with E-state index in [1.54, 1.807) is 0 Å². The van der Waals surface area contributed by atoms with E-state index < -0.39 is 0 Å². The molecule has 1 aliphatic heterocycles. The minimum atomic E-state index is 0.396. The normalized spacial score (nSPS) is 24.8. The standard InChI is InChI=1S/C16H30N2OS/c1-16(2,3)11-14-12-18-15(20-14)17-9-10-19-13-7-5-4-6-8-13/h13-14H,4-12H2,1-3H3,(H,17,18). The molecule has 1 saturated carbocycles. The highest BCUT2D eigenvalue weighted by molar-refractivity contribution is 8.14. The van der Waals surface area contributed by atoms with Crippen LogP contribution >= 0.6 is 11.8 Å². The second-order valence-corrected chi connectivity index (χ2v) is 8.50. The summed E-state index contributed by atoms with van der Waals surface area (Å²) in [4.78, 5) is 4.60. The van der Waals surface area contributed by atoms with Gasteiger partial charge in [0, 0.05) is 11.8 Å². The first kappa shape index (κ1) is 16.2. The Labute approximate surface area is 128 Å². The highest BCUT2D eigenvalue weighted by atomic mass is 32.2. The molecule has 1 aliphatic carbocycles. The Morgan fingerprint density at radius 2 is 2.00 bits per heavy atom. The summed E-state index contributed by atoms with van der Waals surface area (Å²) < 4.78 is 5.92. The lowest BCUT2D eigenvalue weighted by molar-refractivity contribution is 0.0319. The fourth-order valence-electron chi connectivity index (χ4n) is 2.92. The lowest BCUT2D eigenvalue weighted by Gasteiger charge is -2.22. The number of hydrogen-bond acceptors (Lipinski definition) is 4. The van der Waals surface area contributed by atoms with E-state index in [4.69, 9.17) is 4.74 Å². The monoisotopic (exact) mass is 298 g/mol. The SMILES string of the molecule is CC(C)(C)CC1CN=C(NCCOC2CCCCC2)S1. The Balaban J connectivity index is 1.54. The number of amidine groups is 1. The van der Waals surface area contributed by atoms with E-state index in [1.807, 2.05) is 11.8 Å². The van der Waals surface area contributed by atoms with E-state index >= 15 is 0 Å². The Morgan fingerprint density at radius 3 is 2.70 bits per heavy atom. The van der Waals surface area contributed by atoms with Gasteiger partial charge in [-0.1, -0.05) is 51.8 Å². The third-order valence-electron chi connectivity index (χ3n) is 3.84. The second kappa shape index (κ2) is 7.69. The predicted octanol–water partition coefficient (Wildman–Crippen LogP) is 3.83. The quantitative estimate of drug-likeness (QED) is 0.783. The molecule has 0 saturated heterocycles. The van der Waals surface area contributed by atoms with Crippen LogP contribution in [0.4, 0.5) is 0 Å². The molecule has 0 aromatic carbocycles. The fraction of sp³-hybridized carbons (Fsp3) is 0.938. The van der Waals surface area contributed by atoms with Crippen LogP contribution in [0.25, 0.3) is 0 Å². The van der Waals surface area contributed by atoms with Crippen LogP contribution in [0.5, 0.6) is 0 Å². The van der Waals surface area contributed by atoms with Gasteiger partial charge in [0.2, 0.25) is 0 Å². The van der Waals surface area contributed by atoms with Crippen LogP contribution in [0.2, 0.25) is 0 Å². The summed E-state index contributed by atoms with van der Waals surface area (Å²) in [5.41, 5.74) is 0.396. The molecule has 1 N–H and O–H groups in total. The molecule has 1 heterocycles. The zero-order chi connectivity index (χ0) is 14.4. The lowest BCUT2D eigenvalue weighted by atomic mass is 9.90. The van der Waals surface area contributed by atoms with Crippen molar-refractivity contribution in [3.63, 3.8) is 0 Å². The summed E-state index contributed by atoms with van der Waals surface area (Å²) in [6, 6.07) is 0. The van der Waals surface area contributed by atoms with Crippen molar-refractivity contribution < 1.29 is 4.74 Å². The number of nitrogens with one attached hydrogen (secondary N) is 1. The summed E-state index contributed by atoms with van der Waals surface area (Å²) in [5, 5.41) is 5.19. The van der Waals surface area contributed by atoms with Crippen molar-refractivity contribution in [2.75, 3.05) is 19.7 Å². The zero-order valence-corrected chi connectivity index (χ0v) is 14.1. The lowest BCUT2D eigenvalue weighted by Crippen LogP contribution is -2.27. The van der Waals surface area contributed by atoms with Gasteiger partial charge < -0.3 is 10.1 Å². The van der Waals surface area contributed by atoms with Crippen molar-refractivity contribution in [3.05, 3.63) is 0 Å². The molecular formula is C16H30N2OS. The highest BCUT2D eigenvalue weighted by Gasteiger charge is 2.24. The number of ether oxygens (including phenoxy) is 1. The Kier molecular flexibility index (Phi) is 6.21. The summed E-state index contributed by atoms with van der Waals surface area (Å²) in [6.45, 7) is 9.58. The van der Waals surface area contributed by atoms with E-state index in [0.717, 1.165) is 24.9 Å². The molecule has 1 unspecified atom stereocenters. The maximum Gasteiger partial charge on any atom is 0.157 e. The molecule has 1 atom stereocenters. The van der Waals surface area contributed by atoms with Gasteiger partial charge in [0.25, 0.3) is 0 Å². The van der Waals surface area contributed by atoms with Crippen molar-refractivity contribution in [2.24, 2.45) is 10.4 Å². The van der Waals surface area contributed by atoms with Gasteiger partial charge in [-0.25, -0.2) is 0 Å². The number of rotatable bonds is 5. The molecule has 116 valence electrons. The highest BCUT2D eigenvalue weighted by Crippen LogP contribution is 2.31. The smallest absolute Gasteiger partial charge is 0.157 e. The molecule has 0 spiro atoms. The average Bonchev–Trinajstić information content (AvgIpc) is 2.81. The summed E-state index contributed by atoms with van der Waals surface area (Å²) >= 11 is 1.91. The Morgan fingerprint density at radius 1 is 1.25 bits per heavy atom. The van der Waals surface area contributed by atoms with Crippen LogP contribution < -0.4 is 5.32 Å². The molecule has 1 fully saturated rings. The maximum absolute atomic E-state index is 5.92. The van der Waals surface area contributed by atoms with Crippen LogP contribution in [-0.4, -0.2) is 36.2 Å². The summed E-state index contributed by atoms with van der Waals surface area (Å²) in [5.74, 6) is 0. The predicted molar refractivity (Wildman–Crippen MR) is 88.6 cm³/mol. The van der Waals surface area contributed by atoms with Gasteiger partial charge in [-0.15, -0.1) is 0 Å².